The van der Waals surface area contributed by atoms with Gasteiger partial charge >= 0.3 is 5.97 Å². The van der Waals surface area contributed by atoms with Gasteiger partial charge in [-0.25, -0.2) is 9.78 Å². The second-order valence-electron chi connectivity index (χ2n) is 8.14. The van der Waals surface area contributed by atoms with Gasteiger partial charge in [0.1, 0.15) is 5.82 Å². The molecule has 174 valence electrons. The number of aromatic nitrogens is 2. The lowest BCUT2D eigenvalue weighted by Gasteiger charge is -2.18. The molecule has 34 heavy (non-hydrogen) atoms. The molecule has 1 atom stereocenters. The van der Waals surface area contributed by atoms with Gasteiger partial charge in [-0.3, -0.25) is 0 Å². The van der Waals surface area contributed by atoms with Crippen molar-refractivity contribution >= 4 is 35.0 Å². The second-order valence-corrected chi connectivity index (χ2v) is 9.53. The van der Waals surface area contributed by atoms with E-state index in [2.05, 4.69) is 16.5 Å². The minimum absolute atomic E-state index is 0.316. The zero-order valence-electron chi connectivity index (χ0n) is 19.0. The Labute approximate surface area is 209 Å². The summed E-state index contributed by atoms with van der Waals surface area (Å²) in [6.45, 7) is 2.68. The fraction of sp³-hybridized carbons (Fsp3) is 0.214. The predicted octanol–water partition coefficient (Wildman–Crippen LogP) is 7.29. The van der Waals surface area contributed by atoms with Crippen LogP contribution in [-0.4, -0.2) is 20.6 Å². The van der Waals surface area contributed by atoms with Crippen LogP contribution in [0.5, 0.6) is 0 Å². The molecule has 1 unspecified atom stereocenters. The molecule has 0 radical (unpaired) electrons. The van der Waals surface area contributed by atoms with Crippen molar-refractivity contribution in [2.45, 2.75) is 38.6 Å². The summed E-state index contributed by atoms with van der Waals surface area (Å²) in [6.07, 6.45) is 6.44. The highest BCUT2D eigenvalue weighted by atomic mass is 35.5. The van der Waals surface area contributed by atoms with Gasteiger partial charge in [-0.05, 0) is 41.1 Å². The monoisotopic (exact) mass is 490 g/mol. The average molecular weight is 491 g/mol. The average Bonchev–Trinajstić information content (AvgIpc) is 3.50. The number of carbonyl (C=O) groups is 1. The van der Waals surface area contributed by atoms with Crippen molar-refractivity contribution in [3.63, 3.8) is 0 Å². The molecule has 4 aromatic rings. The number of imidazole rings is 1. The topological polar surface area (TPSA) is 55.1 Å². The quantitative estimate of drug-likeness (QED) is 0.237. The first-order valence-electron chi connectivity index (χ1n) is 11.4. The van der Waals surface area contributed by atoms with Crippen LogP contribution in [0.1, 0.15) is 53.2 Å². The zero-order valence-corrected chi connectivity index (χ0v) is 20.6. The number of hydrogen-bond acceptors (Lipinski definition) is 3. The summed E-state index contributed by atoms with van der Waals surface area (Å²) in [5.74, 6) is -0.380. The number of rotatable bonds is 10. The third-order valence-corrected chi connectivity index (χ3v) is 7.14. The normalized spacial score (nSPS) is 12.6. The van der Waals surface area contributed by atoms with Gasteiger partial charge in [-0.15, -0.1) is 11.3 Å². The third-order valence-electron chi connectivity index (χ3n) is 5.83. The molecule has 0 fully saturated rings. The maximum Gasteiger partial charge on any atom is 0.332 e. The third kappa shape index (κ3) is 5.49. The standard InChI is InChI=1S/C28H27ClN2O2S/c1-2-3-15-26-30-18-22(31(26)19-21-12-7-8-13-24(21)29)17-23(28(32)33)27(25-14-9-16-34-25)20-10-5-4-6-11-20/h4-14,16-18,27H,2-3,15,19H2,1H3,(H,32,33)/b23-17+. The molecule has 4 rings (SSSR count). The van der Waals surface area contributed by atoms with Crippen molar-refractivity contribution in [2.24, 2.45) is 0 Å². The van der Waals surface area contributed by atoms with Gasteiger partial charge in [-0.2, -0.15) is 0 Å². The van der Waals surface area contributed by atoms with Crippen molar-refractivity contribution in [3.8, 4) is 0 Å². The number of benzene rings is 2. The molecule has 4 nitrogen and oxygen atoms in total. The van der Waals surface area contributed by atoms with Gasteiger partial charge in [0.2, 0.25) is 0 Å². The highest BCUT2D eigenvalue weighted by molar-refractivity contribution is 7.10. The van der Waals surface area contributed by atoms with Gasteiger partial charge in [0.15, 0.2) is 0 Å². The highest BCUT2D eigenvalue weighted by Gasteiger charge is 2.26. The van der Waals surface area contributed by atoms with Crippen LogP contribution in [-0.2, 0) is 17.8 Å². The van der Waals surface area contributed by atoms with E-state index in [9.17, 15) is 9.90 Å². The lowest BCUT2D eigenvalue weighted by Crippen LogP contribution is -2.13. The maximum atomic E-state index is 12.6. The molecule has 0 spiro atoms. The summed E-state index contributed by atoms with van der Waals surface area (Å²) in [5, 5.41) is 13.0. The molecular formula is C28H27ClN2O2S. The summed E-state index contributed by atoms with van der Waals surface area (Å²) >= 11 is 8.03. The molecular weight excluding hydrogens is 464 g/mol. The molecule has 0 saturated carbocycles. The van der Waals surface area contributed by atoms with Crippen molar-refractivity contribution in [3.05, 3.63) is 116 Å². The second kappa shape index (κ2) is 11.3. The first kappa shape index (κ1) is 24.0. The van der Waals surface area contributed by atoms with Gasteiger partial charge in [0.05, 0.1) is 29.9 Å². The summed E-state index contributed by atoms with van der Waals surface area (Å²) in [6, 6.07) is 21.5. The lowest BCUT2D eigenvalue weighted by molar-refractivity contribution is -0.132. The van der Waals surface area contributed by atoms with Crippen LogP contribution < -0.4 is 0 Å². The van der Waals surface area contributed by atoms with Gasteiger partial charge in [0, 0.05) is 16.3 Å². The number of carboxylic acids is 1. The van der Waals surface area contributed by atoms with Crippen molar-refractivity contribution < 1.29 is 9.90 Å². The summed E-state index contributed by atoms with van der Waals surface area (Å²) < 4.78 is 2.09. The van der Waals surface area contributed by atoms with E-state index >= 15 is 0 Å². The molecule has 2 aromatic carbocycles. The van der Waals surface area contributed by atoms with E-state index in [1.54, 1.807) is 23.6 Å². The van der Waals surface area contributed by atoms with E-state index in [4.69, 9.17) is 11.6 Å². The molecule has 1 N–H and O–H groups in total. The van der Waals surface area contributed by atoms with Crippen LogP contribution in [0.25, 0.3) is 6.08 Å². The molecule has 0 aliphatic carbocycles. The number of unbranched alkanes of at least 4 members (excludes halogenated alkanes) is 1. The summed E-state index contributed by atoms with van der Waals surface area (Å²) in [5.41, 5.74) is 3.00. The minimum atomic E-state index is -0.942. The van der Waals surface area contributed by atoms with Crippen LogP contribution in [0.4, 0.5) is 0 Å². The van der Waals surface area contributed by atoms with Crippen LogP contribution in [0.15, 0.2) is 83.9 Å². The van der Waals surface area contributed by atoms with Crippen LogP contribution in [0, 0.1) is 0 Å². The lowest BCUT2D eigenvalue weighted by atomic mass is 9.89. The Kier molecular flexibility index (Phi) is 7.99. The van der Waals surface area contributed by atoms with E-state index in [0.717, 1.165) is 46.8 Å². The minimum Gasteiger partial charge on any atom is -0.478 e. The molecule has 2 heterocycles. The van der Waals surface area contributed by atoms with Crippen LogP contribution in [0.2, 0.25) is 5.02 Å². The number of aryl methyl sites for hydroxylation is 1. The fourth-order valence-electron chi connectivity index (χ4n) is 4.08. The number of hydrogen-bond donors (Lipinski definition) is 1. The molecule has 0 aliphatic rings. The molecule has 0 bridgehead atoms. The zero-order chi connectivity index (χ0) is 23.9. The molecule has 6 heteroatoms. The number of thiophene rings is 1. The van der Waals surface area contributed by atoms with Crippen molar-refractivity contribution in [2.75, 3.05) is 0 Å². The number of nitrogens with zero attached hydrogens (tertiary/aromatic N) is 2. The number of aliphatic carboxylic acids is 1. The first-order chi connectivity index (χ1) is 16.6. The van der Waals surface area contributed by atoms with Gasteiger partial charge in [0.25, 0.3) is 0 Å². The fourth-order valence-corrected chi connectivity index (χ4v) is 5.15. The largest absolute Gasteiger partial charge is 0.478 e. The summed E-state index contributed by atoms with van der Waals surface area (Å²) in [7, 11) is 0. The highest BCUT2D eigenvalue weighted by Crippen LogP contribution is 2.36. The Morgan fingerprint density at radius 1 is 1.12 bits per heavy atom. The summed E-state index contributed by atoms with van der Waals surface area (Å²) in [4.78, 5) is 18.3. The number of halogens is 1. The van der Waals surface area contributed by atoms with E-state index in [-0.39, 0.29) is 5.92 Å². The van der Waals surface area contributed by atoms with Crippen LogP contribution >= 0.6 is 22.9 Å². The Morgan fingerprint density at radius 3 is 2.56 bits per heavy atom. The number of carboxylic acid groups (broad SMARTS) is 1. The van der Waals surface area contributed by atoms with Crippen molar-refractivity contribution in [1.82, 2.24) is 9.55 Å². The Morgan fingerprint density at radius 2 is 1.88 bits per heavy atom. The van der Waals surface area contributed by atoms with Gasteiger partial charge in [-0.1, -0.05) is 79.5 Å². The molecule has 0 aliphatic heterocycles. The Balaban J connectivity index is 1.83. The Hall–Kier alpha value is -3.15. The van der Waals surface area contributed by atoms with E-state index in [1.807, 2.05) is 72.1 Å². The van der Waals surface area contributed by atoms with E-state index < -0.39 is 5.97 Å². The van der Waals surface area contributed by atoms with Crippen LogP contribution in [0.3, 0.4) is 0 Å². The molecule has 0 amide bonds. The SMILES string of the molecule is CCCCc1ncc(/C=C(/C(=O)O)C(c2ccccc2)c2cccs2)n1Cc1ccccc1Cl. The molecule has 0 saturated heterocycles. The smallest absolute Gasteiger partial charge is 0.332 e. The predicted molar refractivity (Wildman–Crippen MR) is 140 cm³/mol. The molecule has 2 aromatic heterocycles. The van der Waals surface area contributed by atoms with Gasteiger partial charge < -0.3 is 9.67 Å². The van der Waals surface area contributed by atoms with E-state index in [0.29, 0.717) is 17.1 Å². The Bertz CT molecular complexity index is 1260. The van der Waals surface area contributed by atoms with Crippen molar-refractivity contribution in [1.29, 1.82) is 0 Å². The van der Waals surface area contributed by atoms with E-state index in [1.165, 1.54) is 0 Å². The first-order valence-corrected chi connectivity index (χ1v) is 12.6. The maximum absolute atomic E-state index is 12.6.